The molecule has 6 heteroatoms. The van der Waals surface area contributed by atoms with Gasteiger partial charge in [-0.1, -0.05) is 23.8 Å². The molecule has 0 radical (unpaired) electrons. The molecule has 2 N–H and O–H groups in total. The van der Waals surface area contributed by atoms with E-state index in [0.717, 1.165) is 37.3 Å². The fourth-order valence-corrected chi connectivity index (χ4v) is 2.79. The number of hydrogen-bond acceptors (Lipinski definition) is 3. The zero-order valence-electron chi connectivity index (χ0n) is 11.4. The van der Waals surface area contributed by atoms with Crippen LogP contribution in [0.25, 0.3) is 0 Å². The number of carbonyl (C=O) groups excluding carboxylic acids is 1. The van der Waals surface area contributed by atoms with E-state index in [1.54, 1.807) is 13.0 Å². The molecule has 20 heavy (non-hydrogen) atoms. The predicted octanol–water partition coefficient (Wildman–Crippen LogP) is 2.03. The Morgan fingerprint density at radius 2 is 2.05 bits per heavy atom. The molecule has 0 aliphatic carbocycles. The van der Waals surface area contributed by atoms with E-state index in [4.69, 9.17) is 29.6 Å². The number of nitrogens with two attached hydrogens (primary N) is 1. The number of carbonyl (C=O) groups is 1. The Labute approximate surface area is 129 Å². The van der Waals surface area contributed by atoms with E-state index >= 15 is 0 Å². The summed E-state index contributed by atoms with van der Waals surface area (Å²) in [7, 11) is 0. The third kappa shape index (κ3) is 3.41. The van der Waals surface area contributed by atoms with Crippen molar-refractivity contribution in [3.05, 3.63) is 28.8 Å². The molecular weight excluding hydrogens is 294 g/mol. The Hall–Kier alpha value is -1.33. The second-order valence-electron chi connectivity index (χ2n) is 4.87. The molecule has 0 saturated carbocycles. The molecular formula is C14H18ClN3OS. The lowest BCUT2D eigenvalue weighted by Crippen LogP contribution is -2.34. The largest absolute Gasteiger partial charge is 0.389 e. The number of hydrogen-bond donors (Lipinski definition) is 1. The van der Waals surface area contributed by atoms with Crippen LogP contribution in [0.3, 0.4) is 0 Å². The Bertz CT molecular complexity index is 535. The lowest BCUT2D eigenvalue weighted by molar-refractivity contribution is -0.128. The molecule has 0 aromatic heterocycles. The van der Waals surface area contributed by atoms with E-state index in [1.807, 2.05) is 17.0 Å². The van der Waals surface area contributed by atoms with Crippen molar-refractivity contribution < 1.29 is 4.79 Å². The molecule has 2 rings (SSSR count). The van der Waals surface area contributed by atoms with Crippen LogP contribution in [-0.2, 0) is 4.79 Å². The van der Waals surface area contributed by atoms with Gasteiger partial charge in [0.2, 0.25) is 5.91 Å². The first-order valence-corrected chi connectivity index (χ1v) is 7.37. The van der Waals surface area contributed by atoms with Gasteiger partial charge in [-0.25, -0.2) is 0 Å². The zero-order chi connectivity index (χ0) is 14.7. The molecule has 4 nitrogen and oxygen atoms in total. The lowest BCUT2D eigenvalue weighted by Gasteiger charge is -2.25. The van der Waals surface area contributed by atoms with Gasteiger partial charge in [-0.05, 0) is 24.6 Å². The molecule has 108 valence electrons. The van der Waals surface area contributed by atoms with Gasteiger partial charge in [0.15, 0.2) is 0 Å². The molecule has 1 aliphatic heterocycles. The molecule has 0 unspecified atom stereocenters. The maximum atomic E-state index is 11.5. The Balaban J connectivity index is 2.23. The average Bonchev–Trinajstić information content (AvgIpc) is 2.64. The van der Waals surface area contributed by atoms with Gasteiger partial charge in [-0.15, -0.1) is 0 Å². The van der Waals surface area contributed by atoms with Crippen molar-refractivity contribution in [1.29, 1.82) is 0 Å². The SMILES string of the molecule is CC(=O)N1CCCN(c2ccc(Cl)cc2C(N)=S)CC1. The van der Waals surface area contributed by atoms with Crippen LogP contribution in [-0.4, -0.2) is 42.0 Å². The van der Waals surface area contributed by atoms with Gasteiger partial charge >= 0.3 is 0 Å². The van der Waals surface area contributed by atoms with Crippen molar-refractivity contribution in [1.82, 2.24) is 4.90 Å². The van der Waals surface area contributed by atoms with Crippen molar-refractivity contribution in [2.75, 3.05) is 31.1 Å². The van der Waals surface area contributed by atoms with Crippen LogP contribution in [0.4, 0.5) is 5.69 Å². The lowest BCUT2D eigenvalue weighted by atomic mass is 10.1. The smallest absolute Gasteiger partial charge is 0.219 e. The average molecular weight is 312 g/mol. The first kappa shape index (κ1) is 15.1. The highest BCUT2D eigenvalue weighted by atomic mass is 35.5. The fourth-order valence-electron chi connectivity index (χ4n) is 2.45. The zero-order valence-corrected chi connectivity index (χ0v) is 13.0. The van der Waals surface area contributed by atoms with Gasteiger partial charge in [0.25, 0.3) is 0 Å². The second-order valence-corrected chi connectivity index (χ2v) is 5.75. The maximum Gasteiger partial charge on any atom is 0.219 e. The number of benzene rings is 1. The molecule has 1 saturated heterocycles. The van der Waals surface area contributed by atoms with Gasteiger partial charge in [0, 0.05) is 49.4 Å². The minimum absolute atomic E-state index is 0.123. The van der Waals surface area contributed by atoms with E-state index in [1.165, 1.54) is 0 Å². The minimum atomic E-state index is 0.123. The van der Waals surface area contributed by atoms with E-state index in [9.17, 15) is 4.79 Å². The first-order chi connectivity index (χ1) is 9.49. The highest BCUT2D eigenvalue weighted by Crippen LogP contribution is 2.25. The van der Waals surface area contributed by atoms with Crippen LogP contribution in [0, 0.1) is 0 Å². The van der Waals surface area contributed by atoms with E-state index in [0.29, 0.717) is 16.6 Å². The van der Waals surface area contributed by atoms with E-state index < -0.39 is 0 Å². The standard InChI is InChI=1S/C14H18ClN3OS/c1-10(19)17-5-2-6-18(8-7-17)13-4-3-11(15)9-12(13)14(16)20/h3-4,9H,2,5-8H2,1H3,(H2,16,20). The van der Waals surface area contributed by atoms with Crippen LogP contribution in [0.1, 0.15) is 18.9 Å². The number of amides is 1. The minimum Gasteiger partial charge on any atom is -0.389 e. The molecule has 0 atom stereocenters. The van der Waals surface area contributed by atoms with Crippen LogP contribution in [0.5, 0.6) is 0 Å². The summed E-state index contributed by atoms with van der Waals surface area (Å²) in [5.74, 6) is 0.123. The summed E-state index contributed by atoms with van der Waals surface area (Å²) in [6, 6.07) is 5.58. The number of anilines is 1. The highest BCUT2D eigenvalue weighted by molar-refractivity contribution is 7.80. The summed E-state index contributed by atoms with van der Waals surface area (Å²) in [4.78, 5) is 15.9. The number of halogens is 1. The van der Waals surface area contributed by atoms with Gasteiger partial charge in [0.05, 0.1) is 0 Å². The van der Waals surface area contributed by atoms with Crippen molar-refractivity contribution in [3.8, 4) is 0 Å². The normalized spacial score (nSPS) is 15.9. The van der Waals surface area contributed by atoms with Crippen molar-refractivity contribution in [3.63, 3.8) is 0 Å². The van der Waals surface area contributed by atoms with Crippen molar-refractivity contribution in [2.24, 2.45) is 5.73 Å². The van der Waals surface area contributed by atoms with Gasteiger partial charge < -0.3 is 15.5 Å². The summed E-state index contributed by atoms with van der Waals surface area (Å²) < 4.78 is 0. The van der Waals surface area contributed by atoms with Crippen LogP contribution < -0.4 is 10.6 Å². The number of rotatable bonds is 2. The Morgan fingerprint density at radius 3 is 2.70 bits per heavy atom. The van der Waals surface area contributed by atoms with E-state index in [-0.39, 0.29) is 5.91 Å². The maximum absolute atomic E-state index is 11.5. The first-order valence-electron chi connectivity index (χ1n) is 6.59. The molecule has 1 fully saturated rings. The van der Waals surface area contributed by atoms with Gasteiger partial charge in [-0.2, -0.15) is 0 Å². The van der Waals surface area contributed by atoms with Gasteiger partial charge in [0.1, 0.15) is 4.99 Å². The Morgan fingerprint density at radius 1 is 1.30 bits per heavy atom. The van der Waals surface area contributed by atoms with Crippen molar-refractivity contribution in [2.45, 2.75) is 13.3 Å². The van der Waals surface area contributed by atoms with Gasteiger partial charge in [-0.3, -0.25) is 4.79 Å². The number of thiocarbonyl (C=S) groups is 1. The van der Waals surface area contributed by atoms with Crippen LogP contribution in [0.2, 0.25) is 5.02 Å². The molecule has 0 spiro atoms. The quantitative estimate of drug-likeness (QED) is 0.849. The van der Waals surface area contributed by atoms with Crippen LogP contribution >= 0.6 is 23.8 Å². The summed E-state index contributed by atoms with van der Waals surface area (Å²) in [6.07, 6.45) is 0.930. The molecule has 1 aromatic carbocycles. The van der Waals surface area contributed by atoms with Crippen LogP contribution in [0.15, 0.2) is 18.2 Å². The summed E-state index contributed by atoms with van der Waals surface area (Å²) in [5.41, 5.74) is 7.57. The second kappa shape index (κ2) is 6.41. The Kier molecular flexibility index (Phi) is 4.83. The third-order valence-electron chi connectivity index (χ3n) is 3.51. The molecule has 0 bridgehead atoms. The summed E-state index contributed by atoms with van der Waals surface area (Å²) in [5, 5.41) is 0.622. The predicted molar refractivity (Wildman–Crippen MR) is 86.4 cm³/mol. The summed E-state index contributed by atoms with van der Waals surface area (Å²) in [6.45, 7) is 4.77. The number of nitrogens with zero attached hydrogens (tertiary/aromatic N) is 2. The molecule has 1 aliphatic rings. The van der Waals surface area contributed by atoms with Crippen molar-refractivity contribution >= 4 is 40.4 Å². The van der Waals surface area contributed by atoms with E-state index in [2.05, 4.69) is 4.90 Å². The summed E-state index contributed by atoms with van der Waals surface area (Å²) >= 11 is 11.1. The fraction of sp³-hybridized carbons (Fsp3) is 0.429. The topological polar surface area (TPSA) is 49.6 Å². The monoisotopic (exact) mass is 311 g/mol. The third-order valence-corrected chi connectivity index (χ3v) is 3.96. The molecule has 1 aromatic rings. The molecule has 1 heterocycles. The highest BCUT2D eigenvalue weighted by Gasteiger charge is 2.19. The molecule has 1 amide bonds.